The zero-order valence-corrected chi connectivity index (χ0v) is 13.9. The van der Waals surface area contributed by atoms with E-state index < -0.39 is 5.97 Å². The van der Waals surface area contributed by atoms with E-state index in [2.05, 4.69) is 6.92 Å². The summed E-state index contributed by atoms with van der Waals surface area (Å²) in [6.45, 7) is 3.42. The molecule has 124 valence electrons. The standard InChI is InChI=1S/C20H21NO3/c1-14(16-12-13-16)21(17-8-4-3-5-9-17)20(23)18-10-6-7-11-19(18)24-15(2)22/h3-11,14,16H,12-13H2,1-2H3. The zero-order valence-electron chi connectivity index (χ0n) is 13.9. The smallest absolute Gasteiger partial charge is 0.308 e. The van der Waals surface area contributed by atoms with Crippen molar-refractivity contribution in [2.24, 2.45) is 5.92 Å². The van der Waals surface area contributed by atoms with Crippen LogP contribution in [0.1, 0.15) is 37.0 Å². The van der Waals surface area contributed by atoms with Gasteiger partial charge in [0, 0.05) is 18.7 Å². The van der Waals surface area contributed by atoms with E-state index in [4.69, 9.17) is 4.74 Å². The fraction of sp³-hybridized carbons (Fsp3) is 0.300. The van der Waals surface area contributed by atoms with Crippen LogP contribution in [0.4, 0.5) is 5.69 Å². The molecule has 1 amide bonds. The van der Waals surface area contributed by atoms with Gasteiger partial charge in [-0.05, 0) is 49.9 Å². The average Bonchev–Trinajstić information content (AvgIpc) is 3.41. The quantitative estimate of drug-likeness (QED) is 0.616. The number of anilines is 1. The van der Waals surface area contributed by atoms with Crippen LogP contribution in [-0.4, -0.2) is 17.9 Å². The van der Waals surface area contributed by atoms with Gasteiger partial charge in [-0.15, -0.1) is 0 Å². The second kappa shape index (κ2) is 6.87. The summed E-state index contributed by atoms with van der Waals surface area (Å²) in [5, 5.41) is 0. The molecule has 1 aliphatic carbocycles. The molecule has 0 spiro atoms. The van der Waals surface area contributed by atoms with Crippen LogP contribution in [0.2, 0.25) is 0 Å². The third-order valence-corrected chi connectivity index (χ3v) is 4.34. The van der Waals surface area contributed by atoms with Crippen LogP contribution in [0.15, 0.2) is 54.6 Å². The number of ether oxygens (including phenoxy) is 1. The van der Waals surface area contributed by atoms with E-state index in [-0.39, 0.29) is 11.9 Å². The molecule has 2 aromatic rings. The third-order valence-electron chi connectivity index (χ3n) is 4.34. The number of hydrogen-bond donors (Lipinski definition) is 0. The Morgan fingerprint density at radius 1 is 1.04 bits per heavy atom. The van der Waals surface area contributed by atoms with Gasteiger partial charge < -0.3 is 9.64 Å². The molecule has 2 aromatic carbocycles. The number of carbonyl (C=O) groups excluding carboxylic acids is 2. The van der Waals surface area contributed by atoms with Crippen molar-refractivity contribution in [3.8, 4) is 5.75 Å². The molecule has 1 atom stereocenters. The van der Waals surface area contributed by atoms with Gasteiger partial charge in [0.2, 0.25) is 0 Å². The lowest BCUT2D eigenvalue weighted by Gasteiger charge is -2.30. The summed E-state index contributed by atoms with van der Waals surface area (Å²) < 4.78 is 5.22. The molecule has 4 heteroatoms. The second-order valence-electron chi connectivity index (χ2n) is 6.18. The molecule has 0 heterocycles. The fourth-order valence-electron chi connectivity index (χ4n) is 2.93. The van der Waals surface area contributed by atoms with Gasteiger partial charge in [0.25, 0.3) is 5.91 Å². The monoisotopic (exact) mass is 323 g/mol. The Balaban J connectivity index is 1.99. The second-order valence-corrected chi connectivity index (χ2v) is 6.18. The molecular formula is C20H21NO3. The zero-order chi connectivity index (χ0) is 17.1. The van der Waals surface area contributed by atoms with Crippen molar-refractivity contribution < 1.29 is 14.3 Å². The van der Waals surface area contributed by atoms with E-state index in [0.717, 1.165) is 18.5 Å². The van der Waals surface area contributed by atoms with Gasteiger partial charge >= 0.3 is 5.97 Å². The number of carbonyl (C=O) groups is 2. The number of hydrogen-bond acceptors (Lipinski definition) is 3. The first-order valence-electron chi connectivity index (χ1n) is 8.24. The molecule has 0 bridgehead atoms. The minimum absolute atomic E-state index is 0.102. The van der Waals surface area contributed by atoms with Crippen molar-refractivity contribution in [3.63, 3.8) is 0 Å². The number of rotatable bonds is 5. The molecule has 0 saturated heterocycles. The van der Waals surface area contributed by atoms with Crippen LogP contribution < -0.4 is 9.64 Å². The van der Waals surface area contributed by atoms with Crippen molar-refractivity contribution in [1.82, 2.24) is 0 Å². The van der Waals surface area contributed by atoms with Gasteiger partial charge in [0.1, 0.15) is 5.75 Å². The van der Waals surface area contributed by atoms with Crippen molar-refractivity contribution >= 4 is 17.6 Å². The van der Waals surface area contributed by atoms with E-state index in [9.17, 15) is 9.59 Å². The van der Waals surface area contributed by atoms with Gasteiger partial charge in [0.05, 0.1) is 5.56 Å². The van der Waals surface area contributed by atoms with Crippen LogP contribution >= 0.6 is 0 Å². The minimum Gasteiger partial charge on any atom is -0.426 e. The van der Waals surface area contributed by atoms with Crippen LogP contribution in [0.25, 0.3) is 0 Å². The number of para-hydroxylation sites is 2. The van der Waals surface area contributed by atoms with E-state index in [1.165, 1.54) is 6.92 Å². The van der Waals surface area contributed by atoms with E-state index in [1.54, 1.807) is 24.3 Å². The fourth-order valence-corrected chi connectivity index (χ4v) is 2.93. The predicted octanol–water partition coefficient (Wildman–Crippen LogP) is 4.06. The molecule has 0 aliphatic heterocycles. The van der Waals surface area contributed by atoms with Crippen molar-refractivity contribution in [3.05, 3.63) is 60.2 Å². The van der Waals surface area contributed by atoms with Crippen LogP contribution in [0, 0.1) is 5.92 Å². The van der Waals surface area contributed by atoms with E-state index >= 15 is 0 Å². The Morgan fingerprint density at radius 3 is 2.29 bits per heavy atom. The third kappa shape index (κ3) is 3.48. The molecule has 1 unspecified atom stereocenters. The number of benzene rings is 2. The summed E-state index contributed by atoms with van der Waals surface area (Å²) in [5.41, 5.74) is 1.27. The average molecular weight is 323 g/mol. The molecule has 1 fully saturated rings. The molecule has 24 heavy (non-hydrogen) atoms. The highest BCUT2D eigenvalue weighted by atomic mass is 16.5. The summed E-state index contributed by atoms with van der Waals surface area (Å²) in [5.74, 6) is 0.253. The van der Waals surface area contributed by atoms with Crippen molar-refractivity contribution in [2.45, 2.75) is 32.7 Å². The largest absolute Gasteiger partial charge is 0.426 e. The van der Waals surface area contributed by atoms with Crippen LogP contribution in [0.5, 0.6) is 5.75 Å². The highest BCUT2D eigenvalue weighted by molar-refractivity contribution is 6.08. The summed E-state index contributed by atoms with van der Waals surface area (Å²) in [6.07, 6.45) is 2.28. The lowest BCUT2D eigenvalue weighted by atomic mass is 10.1. The maximum Gasteiger partial charge on any atom is 0.308 e. The lowest BCUT2D eigenvalue weighted by molar-refractivity contribution is -0.131. The SMILES string of the molecule is CC(=O)Oc1ccccc1C(=O)N(c1ccccc1)C(C)C1CC1. The number of nitrogens with zero attached hydrogens (tertiary/aromatic N) is 1. The highest BCUT2D eigenvalue weighted by Crippen LogP contribution is 2.38. The maximum absolute atomic E-state index is 13.3. The molecule has 0 aromatic heterocycles. The Labute approximate surface area is 142 Å². The highest BCUT2D eigenvalue weighted by Gasteiger charge is 2.36. The van der Waals surface area contributed by atoms with Gasteiger partial charge in [-0.2, -0.15) is 0 Å². The normalized spacial score (nSPS) is 14.8. The Bertz CT molecular complexity index is 738. The first-order chi connectivity index (χ1) is 11.6. The first kappa shape index (κ1) is 16.2. The lowest BCUT2D eigenvalue weighted by Crippen LogP contribution is -2.40. The Morgan fingerprint density at radius 2 is 1.67 bits per heavy atom. The molecule has 4 nitrogen and oxygen atoms in total. The molecule has 1 aliphatic rings. The van der Waals surface area contributed by atoms with Crippen LogP contribution in [-0.2, 0) is 4.79 Å². The number of esters is 1. The summed E-state index contributed by atoms with van der Waals surface area (Å²) in [7, 11) is 0. The van der Waals surface area contributed by atoms with Gasteiger partial charge in [-0.1, -0.05) is 30.3 Å². The summed E-state index contributed by atoms with van der Waals surface area (Å²) >= 11 is 0. The Kier molecular flexibility index (Phi) is 4.65. The van der Waals surface area contributed by atoms with Crippen molar-refractivity contribution in [2.75, 3.05) is 4.90 Å². The van der Waals surface area contributed by atoms with E-state index in [0.29, 0.717) is 17.2 Å². The topological polar surface area (TPSA) is 46.6 Å². The van der Waals surface area contributed by atoms with Gasteiger partial charge in [0.15, 0.2) is 0 Å². The Hall–Kier alpha value is -2.62. The number of amides is 1. The molecule has 0 N–H and O–H groups in total. The minimum atomic E-state index is -0.434. The van der Waals surface area contributed by atoms with Crippen LogP contribution in [0.3, 0.4) is 0 Å². The molecule has 1 saturated carbocycles. The molecule has 3 rings (SSSR count). The summed E-state index contributed by atoms with van der Waals surface area (Å²) in [6, 6.07) is 16.6. The maximum atomic E-state index is 13.3. The van der Waals surface area contributed by atoms with Gasteiger partial charge in [-0.3, -0.25) is 9.59 Å². The molecular weight excluding hydrogens is 302 g/mol. The predicted molar refractivity (Wildman–Crippen MR) is 93.2 cm³/mol. The van der Waals surface area contributed by atoms with Gasteiger partial charge in [-0.25, -0.2) is 0 Å². The first-order valence-corrected chi connectivity index (χ1v) is 8.24. The van der Waals surface area contributed by atoms with E-state index in [1.807, 2.05) is 35.2 Å². The summed E-state index contributed by atoms with van der Waals surface area (Å²) in [4.78, 5) is 26.4. The molecule has 0 radical (unpaired) electrons. The van der Waals surface area contributed by atoms with Crippen molar-refractivity contribution in [1.29, 1.82) is 0 Å².